The highest BCUT2D eigenvalue weighted by Crippen LogP contribution is 2.22. The molecule has 0 radical (unpaired) electrons. The van der Waals surface area contributed by atoms with Crippen LogP contribution in [0, 0.1) is 0 Å². The minimum atomic E-state index is -0.886. The summed E-state index contributed by atoms with van der Waals surface area (Å²) in [6, 6.07) is 6.94. The molecule has 1 N–H and O–H groups in total. The Balaban J connectivity index is 1.93. The molecule has 1 saturated carbocycles. The molecule has 0 aliphatic heterocycles. The third-order valence-electron chi connectivity index (χ3n) is 2.96. The van der Waals surface area contributed by atoms with Gasteiger partial charge in [-0.25, -0.2) is 4.79 Å². The second kappa shape index (κ2) is 5.12. The normalized spacial score (nSPS) is 16.5. The first-order chi connectivity index (χ1) is 7.75. The molecule has 0 saturated heterocycles. The van der Waals surface area contributed by atoms with Gasteiger partial charge in [0.15, 0.2) is 0 Å². The van der Waals surface area contributed by atoms with Gasteiger partial charge in [0.25, 0.3) is 0 Å². The van der Waals surface area contributed by atoms with Gasteiger partial charge in [0.2, 0.25) is 0 Å². The van der Waals surface area contributed by atoms with Gasteiger partial charge in [0.1, 0.15) is 0 Å². The number of ether oxygens (including phenoxy) is 1. The highest BCUT2D eigenvalue weighted by atomic mass is 16.5. The first-order valence-electron chi connectivity index (χ1n) is 5.69. The maximum Gasteiger partial charge on any atom is 0.335 e. The Hall–Kier alpha value is -1.35. The fraction of sp³-hybridized carbons (Fsp3) is 0.462. The van der Waals surface area contributed by atoms with Gasteiger partial charge in [-0.3, -0.25) is 0 Å². The van der Waals surface area contributed by atoms with Crippen molar-refractivity contribution in [1.29, 1.82) is 0 Å². The van der Waals surface area contributed by atoms with E-state index in [0.29, 0.717) is 18.3 Å². The molecule has 0 bridgehead atoms. The number of carboxylic acid groups (broad SMARTS) is 1. The smallest absolute Gasteiger partial charge is 0.335 e. The molecule has 0 heterocycles. The number of hydrogen-bond acceptors (Lipinski definition) is 2. The highest BCUT2D eigenvalue weighted by Gasteiger charge is 2.15. The molecule has 1 aliphatic carbocycles. The van der Waals surface area contributed by atoms with Gasteiger partial charge in [0.05, 0.1) is 18.3 Å². The first kappa shape index (κ1) is 11.1. The van der Waals surface area contributed by atoms with Crippen LogP contribution in [0.15, 0.2) is 24.3 Å². The summed E-state index contributed by atoms with van der Waals surface area (Å²) < 4.78 is 5.73. The van der Waals surface area contributed by atoms with E-state index in [4.69, 9.17) is 9.84 Å². The molecule has 0 spiro atoms. The molecule has 1 fully saturated rings. The van der Waals surface area contributed by atoms with Crippen molar-refractivity contribution in [1.82, 2.24) is 0 Å². The lowest BCUT2D eigenvalue weighted by molar-refractivity contribution is 0.0456. The van der Waals surface area contributed by atoms with E-state index in [0.717, 1.165) is 18.4 Å². The summed E-state index contributed by atoms with van der Waals surface area (Å²) in [5.41, 5.74) is 1.26. The quantitative estimate of drug-likeness (QED) is 0.848. The van der Waals surface area contributed by atoms with Crippen LogP contribution < -0.4 is 0 Å². The summed E-state index contributed by atoms with van der Waals surface area (Å²) in [4.78, 5) is 10.8. The highest BCUT2D eigenvalue weighted by molar-refractivity contribution is 5.87. The van der Waals surface area contributed by atoms with E-state index in [1.807, 2.05) is 6.07 Å². The van der Waals surface area contributed by atoms with Crippen molar-refractivity contribution in [3.63, 3.8) is 0 Å². The molecule has 3 nitrogen and oxygen atoms in total. The average molecular weight is 220 g/mol. The van der Waals surface area contributed by atoms with E-state index >= 15 is 0 Å². The van der Waals surface area contributed by atoms with Gasteiger partial charge in [0, 0.05) is 0 Å². The Kier molecular flexibility index (Phi) is 3.57. The predicted molar refractivity (Wildman–Crippen MR) is 60.4 cm³/mol. The fourth-order valence-corrected chi connectivity index (χ4v) is 2.06. The number of aromatic carboxylic acids is 1. The average Bonchev–Trinajstić information content (AvgIpc) is 2.79. The van der Waals surface area contributed by atoms with Crippen molar-refractivity contribution in [2.24, 2.45) is 0 Å². The molecular formula is C13H16O3. The van der Waals surface area contributed by atoms with E-state index in [2.05, 4.69) is 0 Å². The van der Waals surface area contributed by atoms with Crippen LogP contribution in [0.3, 0.4) is 0 Å². The van der Waals surface area contributed by atoms with E-state index in [-0.39, 0.29) is 0 Å². The second-order valence-electron chi connectivity index (χ2n) is 4.22. The van der Waals surface area contributed by atoms with Crippen molar-refractivity contribution < 1.29 is 14.6 Å². The summed E-state index contributed by atoms with van der Waals surface area (Å²) in [6.45, 7) is 0.520. The molecule has 1 aromatic carbocycles. The van der Waals surface area contributed by atoms with Gasteiger partial charge in [-0.2, -0.15) is 0 Å². The van der Waals surface area contributed by atoms with Crippen LogP contribution in [0.2, 0.25) is 0 Å². The van der Waals surface area contributed by atoms with Crippen molar-refractivity contribution in [2.75, 3.05) is 0 Å². The van der Waals surface area contributed by atoms with E-state index in [9.17, 15) is 4.79 Å². The standard InChI is InChI=1S/C13H16O3/c14-13(15)11-5-3-4-10(8-11)9-16-12-6-1-2-7-12/h3-5,8,12H,1-2,6-7,9H2,(H,14,15). The van der Waals surface area contributed by atoms with E-state index < -0.39 is 5.97 Å². The van der Waals surface area contributed by atoms with Crippen LogP contribution in [0.5, 0.6) is 0 Å². The summed E-state index contributed by atoms with van der Waals surface area (Å²) in [7, 11) is 0. The minimum Gasteiger partial charge on any atom is -0.478 e. The van der Waals surface area contributed by atoms with Gasteiger partial charge >= 0.3 is 5.97 Å². The van der Waals surface area contributed by atoms with Crippen molar-refractivity contribution in [3.05, 3.63) is 35.4 Å². The van der Waals surface area contributed by atoms with Crippen molar-refractivity contribution in [2.45, 2.75) is 38.4 Å². The molecule has 2 rings (SSSR count). The van der Waals surface area contributed by atoms with Crippen LogP contribution in [0.1, 0.15) is 41.6 Å². The Morgan fingerprint density at radius 2 is 2.12 bits per heavy atom. The lowest BCUT2D eigenvalue weighted by Crippen LogP contribution is -2.07. The third kappa shape index (κ3) is 2.83. The number of carbonyl (C=O) groups is 1. The second-order valence-corrected chi connectivity index (χ2v) is 4.22. The number of carboxylic acids is 1. The van der Waals surface area contributed by atoms with Gasteiger partial charge < -0.3 is 9.84 Å². The molecule has 0 amide bonds. The van der Waals surface area contributed by atoms with Crippen molar-refractivity contribution >= 4 is 5.97 Å². The minimum absolute atomic E-state index is 0.326. The molecule has 0 unspecified atom stereocenters. The van der Waals surface area contributed by atoms with Gasteiger partial charge in [-0.15, -0.1) is 0 Å². The maximum absolute atomic E-state index is 10.8. The van der Waals surface area contributed by atoms with Crippen LogP contribution in [0.25, 0.3) is 0 Å². The van der Waals surface area contributed by atoms with Crippen LogP contribution in [-0.2, 0) is 11.3 Å². The summed E-state index contributed by atoms with van der Waals surface area (Å²) in [5, 5.41) is 8.85. The molecule has 0 aromatic heterocycles. The monoisotopic (exact) mass is 220 g/mol. The zero-order chi connectivity index (χ0) is 11.4. The van der Waals surface area contributed by atoms with Crippen LogP contribution >= 0.6 is 0 Å². The predicted octanol–water partition coefficient (Wildman–Crippen LogP) is 2.84. The Morgan fingerprint density at radius 3 is 2.81 bits per heavy atom. The SMILES string of the molecule is O=C(O)c1cccc(COC2CCCC2)c1. The van der Waals surface area contributed by atoms with Crippen molar-refractivity contribution in [3.8, 4) is 0 Å². The lowest BCUT2D eigenvalue weighted by Gasteiger charge is -2.11. The molecule has 86 valence electrons. The molecule has 16 heavy (non-hydrogen) atoms. The maximum atomic E-state index is 10.8. The number of rotatable bonds is 4. The Morgan fingerprint density at radius 1 is 1.38 bits per heavy atom. The molecule has 1 aromatic rings. The van der Waals surface area contributed by atoms with E-state index in [1.165, 1.54) is 12.8 Å². The third-order valence-corrected chi connectivity index (χ3v) is 2.96. The van der Waals surface area contributed by atoms with Crippen LogP contribution in [-0.4, -0.2) is 17.2 Å². The first-order valence-corrected chi connectivity index (χ1v) is 5.69. The van der Waals surface area contributed by atoms with Gasteiger partial charge in [-0.1, -0.05) is 25.0 Å². The summed E-state index contributed by atoms with van der Waals surface area (Å²) in [6.07, 6.45) is 5.14. The molecular weight excluding hydrogens is 204 g/mol. The Bertz CT molecular complexity index is 367. The molecule has 3 heteroatoms. The fourth-order valence-electron chi connectivity index (χ4n) is 2.06. The lowest BCUT2D eigenvalue weighted by atomic mass is 10.1. The topological polar surface area (TPSA) is 46.5 Å². The molecule has 0 atom stereocenters. The number of benzene rings is 1. The zero-order valence-electron chi connectivity index (χ0n) is 9.19. The largest absolute Gasteiger partial charge is 0.478 e. The van der Waals surface area contributed by atoms with Gasteiger partial charge in [-0.05, 0) is 30.5 Å². The molecule has 1 aliphatic rings. The summed E-state index contributed by atoms with van der Waals surface area (Å²) >= 11 is 0. The zero-order valence-corrected chi connectivity index (χ0v) is 9.19. The van der Waals surface area contributed by atoms with Crippen LogP contribution in [0.4, 0.5) is 0 Å². The number of hydrogen-bond donors (Lipinski definition) is 1. The Labute approximate surface area is 95.0 Å². The summed E-state index contributed by atoms with van der Waals surface area (Å²) in [5.74, 6) is -0.886. The van der Waals surface area contributed by atoms with E-state index in [1.54, 1.807) is 18.2 Å².